The van der Waals surface area contributed by atoms with Gasteiger partial charge in [0.25, 0.3) is 0 Å². The summed E-state index contributed by atoms with van der Waals surface area (Å²) in [6.07, 6.45) is 1.26. The molecule has 0 aliphatic heterocycles. The number of carboxylic acids is 1. The molecule has 1 heterocycles. The molecule has 2 rings (SSSR count). The van der Waals surface area contributed by atoms with Crippen LogP contribution in [0.1, 0.15) is 35.1 Å². The van der Waals surface area contributed by atoms with E-state index in [9.17, 15) is 9.59 Å². The van der Waals surface area contributed by atoms with Gasteiger partial charge in [0.1, 0.15) is 0 Å². The number of carbonyl (C=O) groups is 1. The fraction of sp³-hybridized carbons (Fsp3) is 0.267. The van der Waals surface area contributed by atoms with Crippen molar-refractivity contribution in [2.75, 3.05) is 0 Å². The van der Waals surface area contributed by atoms with Crippen molar-refractivity contribution in [3.05, 3.63) is 56.5 Å². The van der Waals surface area contributed by atoms with Gasteiger partial charge in [-0.2, -0.15) is 5.10 Å². The summed E-state index contributed by atoms with van der Waals surface area (Å²) in [6.45, 7) is 3.70. The smallest absolute Gasteiger partial charge is 0.360 e. The molecule has 0 amide bonds. The first-order valence-electron chi connectivity index (χ1n) is 6.57. The summed E-state index contributed by atoms with van der Waals surface area (Å²) < 4.78 is 1.48. The van der Waals surface area contributed by atoms with Crippen LogP contribution in [0, 0.1) is 6.92 Å². The molecular formula is C15H15ClN2O3. The van der Waals surface area contributed by atoms with Crippen LogP contribution in [0.25, 0.3) is 5.69 Å². The van der Waals surface area contributed by atoms with Gasteiger partial charge in [0.2, 0.25) is 11.1 Å². The monoisotopic (exact) mass is 306 g/mol. The Bertz CT molecular complexity index is 736. The quantitative estimate of drug-likeness (QED) is 0.942. The number of aromatic carboxylic acids is 1. The number of halogens is 1. The normalized spacial score (nSPS) is 10.6. The van der Waals surface area contributed by atoms with Gasteiger partial charge in [-0.1, -0.05) is 24.9 Å². The van der Waals surface area contributed by atoms with E-state index in [1.807, 2.05) is 6.92 Å². The third-order valence-corrected chi connectivity index (χ3v) is 3.47. The van der Waals surface area contributed by atoms with Crippen molar-refractivity contribution >= 4 is 17.6 Å². The second-order valence-corrected chi connectivity index (χ2v) is 5.12. The van der Waals surface area contributed by atoms with E-state index in [2.05, 4.69) is 5.10 Å². The molecule has 21 heavy (non-hydrogen) atoms. The highest BCUT2D eigenvalue weighted by atomic mass is 35.5. The molecule has 6 heteroatoms. The van der Waals surface area contributed by atoms with Crippen LogP contribution in [0.5, 0.6) is 0 Å². The molecular weight excluding hydrogens is 292 g/mol. The zero-order valence-corrected chi connectivity index (χ0v) is 12.5. The number of aromatic nitrogens is 2. The third kappa shape index (κ3) is 2.97. The lowest BCUT2D eigenvalue weighted by Gasteiger charge is -2.14. The van der Waals surface area contributed by atoms with Gasteiger partial charge in [0.15, 0.2) is 0 Å². The van der Waals surface area contributed by atoms with Crippen molar-refractivity contribution in [2.24, 2.45) is 0 Å². The molecule has 110 valence electrons. The summed E-state index contributed by atoms with van der Waals surface area (Å²) in [5.74, 6) is -1.32. The molecule has 0 aliphatic carbocycles. The second-order valence-electron chi connectivity index (χ2n) is 4.69. The fourth-order valence-electron chi connectivity index (χ4n) is 2.17. The molecule has 0 atom stereocenters. The standard InChI is InChI=1S/C15H15ClN2O3/c1-3-4-12-9(2)18(11-7-5-10(16)6-8-11)17-13(14(12)19)15(20)21/h5-8H,3-4H2,1-2H3,(H,20,21). The lowest BCUT2D eigenvalue weighted by atomic mass is 10.1. The van der Waals surface area contributed by atoms with Gasteiger partial charge in [-0.3, -0.25) is 4.79 Å². The van der Waals surface area contributed by atoms with E-state index in [-0.39, 0.29) is 0 Å². The van der Waals surface area contributed by atoms with Gasteiger partial charge in [0, 0.05) is 16.3 Å². The molecule has 1 aromatic heterocycles. The minimum atomic E-state index is -1.32. The van der Waals surface area contributed by atoms with Gasteiger partial charge in [-0.25, -0.2) is 9.48 Å². The van der Waals surface area contributed by atoms with Crippen LogP contribution in [-0.2, 0) is 6.42 Å². The van der Waals surface area contributed by atoms with E-state index >= 15 is 0 Å². The summed E-state index contributed by atoms with van der Waals surface area (Å²) >= 11 is 5.85. The Hall–Kier alpha value is -2.14. The minimum Gasteiger partial charge on any atom is -0.476 e. The fourth-order valence-corrected chi connectivity index (χ4v) is 2.30. The highest BCUT2D eigenvalue weighted by Gasteiger charge is 2.19. The maximum absolute atomic E-state index is 12.2. The van der Waals surface area contributed by atoms with Crippen LogP contribution in [0.2, 0.25) is 5.02 Å². The zero-order valence-electron chi connectivity index (χ0n) is 11.8. The van der Waals surface area contributed by atoms with Crippen molar-refractivity contribution in [1.82, 2.24) is 9.78 Å². The van der Waals surface area contributed by atoms with Crippen LogP contribution in [0.4, 0.5) is 0 Å². The summed E-state index contributed by atoms with van der Waals surface area (Å²) in [5.41, 5.74) is 0.830. The molecule has 0 aliphatic rings. The van der Waals surface area contributed by atoms with E-state index in [1.54, 1.807) is 31.2 Å². The van der Waals surface area contributed by atoms with Crippen molar-refractivity contribution in [2.45, 2.75) is 26.7 Å². The lowest BCUT2D eigenvalue weighted by molar-refractivity contribution is 0.0686. The first-order valence-corrected chi connectivity index (χ1v) is 6.95. The molecule has 0 saturated carbocycles. The van der Waals surface area contributed by atoms with Gasteiger partial charge < -0.3 is 5.11 Å². The topological polar surface area (TPSA) is 72.2 Å². The maximum atomic E-state index is 12.2. The zero-order chi connectivity index (χ0) is 15.6. The Morgan fingerprint density at radius 3 is 2.48 bits per heavy atom. The predicted molar refractivity (Wildman–Crippen MR) is 80.5 cm³/mol. The van der Waals surface area contributed by atoms with Crippen LogP contribution >= 0.6 is 11.6 Å². The van der Waals surface area contributed by atoms with E-state index in [4.69, 9.17) is 16.7 Å². The third-order valence-electron chi connectivity index (χ3n) is 3.22. The van der Waals surface area contributed by atoms with E-state index in [1.165, 1.54) is 4.68 Å². The van der Waals surface area contributed by atoms with Crippen molar-refractivity contribution in [3.8, 4) is 5.69 Å². The van der Waals surface area contributed by atoms with Crippen LogP contribution < -0.4 is 5.43 Å². The van der Waals surface area contributed by atoms with Crippen LogP contribution in [-0.4, -0.2) is 20.9 Å². The number of benzene rings is 1. The van der Waals surface area contributed by atoms with Gasteiger partial charge in [0.05, 0.1) is 5.69 Å². The van der Waals surface area contributed by atoms with Crippen LogP contribution in [0.15, 0.2) is 29.1 Å². The van der Waals surface area contributed by atoms with Crippen molar-refractivity contribution in [3.63, 3.8) is 0 Å². The number of carboxylic acid groups (broad SMARTS) is 1. The lowest BCUT2D eigenvalue weighted by Crippen LogP contribution is -2.27. The van der Waals surface area contributed by atoms with Gasteiger partial charge in [-0.05, 0) is 37.6 Å². The Morgan fingerprint density at radius 2 is 1.95 bits per heavy atom. The average molecular weight is 307 g/mol. The largest absolute Gasteiger partial charge is 0.476 e. The predicted octanol–water partition coefficient (Wildman–Crippen LogP) is 2.85. The molecule has 1 N–H and O–H groups in total. The van der Waals surface area contributed by atoms with Crippen molar-refractivity contribution in [1.29, 1.82) is 0 Å². The molecule has 0 bridgehead atoms. The molecule has 0 radical (unpaired) electrons. The van der Waals surface area contributed by atoms with E-state index in [0.29, 0.717) is 28.4 Å². The highest BCUT2D eigenvalue weighted by Crippen LogP contribution is 2.16. The molecule has 0 fully saturated rings. The molecule has 0 saturated heterocycles. The van der Waals surface area contributed by atoms with Crippen molar-refractivity contribution < 1.29 is 9.90 Å². The number of rotatable bonds is 4. The first kappa shape index (κ1) is 15.3. The van der Waals surface area contributed by atoms with E-state index in [0.717, 1.165) is 6.42 Å². The minimum absolute atomic E-state index is 0.459. The number of nitrogens with zero attached hydrogens (tertiary/aromatic N) is 2. The summed E-state index contributed by atoms with van der Waals surface area (Å²) in [7, 11) is 0. The van der Waals surface area contributed by atoms with Crippen LogP contribution in [0.3, 0.4) is 0 Å². The average Bonchev–Trinajstić information content (AvgIpc) is 2.44. The highest BCUT2D eigenvalue weighted by molar-refractivity contribution is 6.30. The number of hydrogen-bond donors (Lipinski definition) is 1. The summed E-state index contributed by atoms with van der Waals surface area (Å²) in [5, 5.41) is 13.7. The van der Waals surface area contributed by atoms with Gasteiger partial charge >= 0.3 is 5.97 Å². The van der Waals surface area contributed by atoms with Gasteiger partial charge in [-0.15, -0.1) is 0 Å². The number of hydrogen-bond acceptors (Lipinski definition) is 3. The first-order chi connectivity index (χ1) is 9.95. The molecule has 1 aromatic carbocycles. The maximum Gasteiger partial charge on any atom is 0.360 e. The summed E-state index contributed by atoms with van der Waals surface area (Å²) in [4.78, 5) is 23.4. The second kappa shape index (κ2) is 6.10. The Balaban J connectivity index is 2.73. The molecule has 2 aromatic rings. The Labute approximate surface area is 126 Å². The molecule has 5 nitrogen and oxygen atoms in total. The molecule has 0 unspecified atom stereocenters. The SMILES string of the molecule is CCCc1c(C)n(-c2ccc(Cl)cc2)nc(C(=O)O)c1=O. The summed E-state index contributed by atoms with van der Waals surface area (Å²) in [6, 6.07) is 6.84. The van der Waals surface area contributed by atoms with E-state index < -0.39 is 17.1 Å². The Kier molecular flexibility index (Phi) is 4.43. The Morgan fingerprint density at radius 1 is 1.33 bits per heavy atom. The molecule has 0 spiro atoms.